The van der Waals surface area contributed by atoms with E-state index in [1.54, 1.807) is 22.8 Å². The minimum atomic E-state index is -3.40. The molecule has 0 N–H and O–H groups in total. The van der Waals surface area contributed by atoms with Gasteiger partial charge >= 0.3 is 0 Å². The summed E-state index contributed by atoms with van der Waals surface area (Å²) in [5.74, 6) is 1.02. The molecule has 1 aliphatic carbocycles. The molecule has 114 valence electrons. The van der Waals surface area contributed by atoms with E-state index in [2.05, 4.69) is 6.92 Å². The lowest BCUT2D eigenvalue weighted by atomic mass is 9.85. The molecule has 0 unspecified atom stereocenters. The van der Waals surface area contributed by atoms with E-state index in [1.807, 2.05) is 0 Å². The van der Waals surface area contributed by atoms with Crippen LogP contribution in [0.2, 0.25) is 0 Å². The largest absolute Gasteiger partial charge is 0.244 e. The molecule has 0 spiro atoms. The van der Waals surface area contributed by atoms with Gasteiger partial charge in [0.05, 0.1) is 10.8 Å². The van der Waals surface area contributed by atoms with Crippen molar-refractivity contribution in [2.75, 3.05) is 7.05 Å². The molecule has 1 saturated carbocycles. The maximum absolute atomic E-state index is 12.7. The monoisotopic (exact) mass is 335 g/mol. The van der Waals surface area contributed by atoms with Crippen LogP contribution in [0.25, 0.3) is 0 Å². The van der Waals surface area contributed by atoms with E-state index in [9.17, 15) is 8.42 Å². The third-order valence-electron chi connectivity index (χ3n) is 4.39. The third kappa shape index (κ3) is 3.21. The summed E-state index contributed by atoms with van der Waals surface area (Å²) >= 11 is 7.24. The van der Waals surface area contributed by atoms with E-state index < -0.39 is 10.0 Å². The molecule has 0 saturated heterocycles. The average molecular weight is 336 g/mol. The maximum atomic E-state index is 12.7. The van der Waals surface area contributed by atoms with Gasteiger partial charge < -0.3 is 0 Å². The average Bonchev–Trinajstić information content (AvgIpc) is 2.95. The van der Waals surface area contributed by atoms with Crippen molar-refractivity contribution in [3.8, 4) is 0 Å². The summed E-state index contributed by atoms with van der Waals surface area (Å²) in [5.41, 5.74) is 0. The van der Waals surface area contributed by atoms with Crippen LogP contribution in [-0.4, -0.2) is 25.8 Å². The van der Waals surface area contributed by atoms with Gasteiger partial charge in [-0.3, -0.25) is 0 Å². The van der Waals surface area contributed by atoms with Crippen molar-refractivity contribution >= 4 is 33.0 Å². The van der Waals surface area contributed by atoms with E-state index in [0.717, 1.165) is 36.5 Å². The molecule has 0 amide bonds. The molecule has 20 heavy (non-hydrogen) atoms. The van der Waals surface area contributed by atoms with Gasteiger partial charge in [0.15, 0.2) is 0 Å². The minimum absolute atomic E-state index is 0.130. The zero-order chi connectivity index (χ0) is 14.8. The Morgan fingerprint density at radius 3 is 2.55 bits per heavy atom. The van der Waals surface area contributed by atoms with Crippen molar-refractivity contribution in [1.29, 1.82) is 0 Å². The van der Waals surface area contributed by atoms with Crippen LogP contribution < -0.4 is 0 Å². The number of sulfonamides is 1. The number of hydrogen-bond donors (Lipinski definition) is 0. The normalized spacial score (nSPS) is 24.2. The predicted octanol–water partition coefficient (Wildman–Crippen LogP) is 4.08. The molecule has 1 aliphatic rings. The number of halogens is 1. The van der Waals surface area contributed by atoms with Crippen LogP contribution >= 0.6 is 22.9 Å². The molecular formula is C14H22ClNO2S2. The van der Waals surface area contributed by atoms with Gasteiger partial charge in [-0.15, -0.1) is 22.9 Å². The third-order valence-corrected chi connectivity index (χ3v) is 7.86. The molecule has 3 nitrogen and oxygen atoms in total. The SMILES string of the molecule is CCC1CCC(N(C)S(=O)(=O)c2ccsc2CCl)CC1. The summed E-state index contributed by atoms with van der Waals surface area (Å²) in [6.07, 6.45) is 5.40. The molecule has 1 heterocycles. The molecule has 0 aliphatic heterocycles. The Kier molecular flexibility index (Phi) is 5.51. The van der Waals surface area contributed by atoms with Crippen LogP contribution in [0.4, 0.5) is 0 Å². The lowest BCUT2D eigenvalue weighted by Crippen LogP contribution is -2.39. The van der Waals surface area contributed by atoms with E-state index in [0.29, 0.717) is 4.90 Å². The first kappa shape index (κ1) is 16.3. The molecule has 1 fully saturated rings. The Balaban J connectivity index is 2.14. The predicted molar refractivity (Wildman–Crippen MR) is 84.9 cm³/mol. The summed E-state index contributed by atoms with van der Waals surface area (Å²) in [7, 11) is -1.69. The van der Waals surface area contributed by atoms with Crippen LogP contribution in [0, 0.1) is 5.92 Å². The van der Waals surface area contributed by atoms with E-state index >= 15 is 0 Å². The Labute approximate surface area is 131 Å². The first-order valence-electron chi connectivity index (χ1n) is 7.11. The van der Waals surface area contributed by atoms with Gasteiger partial charge in [0, 0.05) is 18.0 Å². The molecule has 2 rings (SSSR count). The highest BCUT2D eigenvalue weighted by Crippen LogP contribution is 2.33. The number of nitrogens with zero attached hydrogens (tertiary/aromatic N) is 1. The first-order valence-corrected chi connectivity index (χ1v) is 9.96. The lowest BCUT2D eigenvalue weighted by molar-refractivity contribution is 0.233. The van der Waals surface area contributed by atoms with Crippen molar-refractivity contribution in [1.82, 2.24) is 4.31 Å². The van der Waals surface area contributed by atoms with E-state index in [4.69, 9.17) is 11.6 Å². The smallest absolute Gasteiger partial charge is 0.207 e. The van der Waals surface area contributed by atoms with Gasteiger partial charge in [-0.1, -0.05) is 13.3 Å². The van der Waals surface area contributed by atoms with Gasteiger partial charge in [0.2, 0.25) is 10.0 Å². The van der Waals surface area contributed by atoms with Crippen molar-refractivity contribution in [2.45, 2.75) is 55.8 Å². The minimum Gasteiger partial charge on any atom is -0.207 e. The Hall–Kier alpha value is -0.100. The number of thiophene rings is 1. The molecule has 1 aromatic heterocycles. The van der Waals surface area contributed by atoms with E-state index in [1.165, 1.54) is 17.8 Å². The first-order chi connectivity index (χ1) is 9.50. The zero-order valence-electron chi connectivity index (χ0n) is 12.0. The second-order valence-electron chi connectivity index (χ2n) is 5.45. The van der Waals surface area contributed by atoms with Crippen molar-refractivity contribution in [2.24, 2.45) is 5.92 Å². The van der Waals surface area contributed by atoms with Gasteiger partial charge in [-0.05, 0) is 43.0 Å². The van der Waals surface area contributed by atoms with Crippen LogP contribution in [0.5, 0.6) is 0 Å². The quantitative estimate of drug-likeness (QED) is 0.760. The summed E-state index contributed by atoms with van der Waals surface area (Å²) in [6, 6.07) is 1.80. The fourth-order valence-corrected chi connectivity index (χ4v) is 6.01. The van der Waals surface area contributed by atoms with Crippen LogP contribution in [0.3, 0.4) is 0 Å². The van der Waals surface area contributed by atoms with Crippen LogP contribution in [0.1, 0.15) is 43.9 Å². The van der Waals surface area contributed by atoms with Crippen molar-refractivity contribution < 1.29 is 8.42 Å². The van der Waals surface area contributed by atoms with Gasteiger partial charge in [-0.25, -0.2) is 8.42 Å². The Bertz CT molecular complexity index is 533. The highest BCUT2D eigenvalue weighted by Gasteiger charge is 2.32. The summed E-state index contributed by atoms with van der Waals surface area (Å²) < 4.78 is 27.0. The molecule has 0 bridgehead atoms. The Morgan fingerprint density at radius 1 is 1.35 bits per heavy atom. The maximum Gasteiger partial charge on any atom is 0.244 e. The summed E-state index contributed by atoms with van der Waals surface area (Å²) in [5, 5.41) is 1.80. The summed E-state index contributed by atoms with van der Waals surface area (Å²) in [6.45, 7) is 2.21. The van der Waals surface area contributed by atoms with Gasteiger partial charge in [0.1, 0.15) is 0 Å². The number of rotatable bonds is 5. The molecule has 0 aromatic carbocycles. The lowest BCUT2D eigenvalue weighted by Gasteiger charge is -2.33. The second kappa shape index (κ2) is 6.77. The van der Waals surface area contributed by atoms with E-state index in [-0.39, 0.29) is 11.9 Å². The van der Waals surface area contributed by atoms with Crippen LogP contribution in [-0.2, 0) is 15.9 Å². The van der Waals surface area contributed by atoms with Gasteiger partial charge in [-0.2, -0.15) is 4.31 Å². The number of hydrogen-bond acceptors (Lipinski definition) is 3. The summed E-state index contributed by atoms with van der Waals surface area (Å²) in [4.78, 5) is 1.12. The highest BCUT2D eigenvalue weighted by molar-refractivity contribution is 7.89. The zero-order valence-corrected chi connectivity index (χ0v) is 14.4. The second-order valence-corrected chi connectivity index (χ2v) is 8.68. The Morgan fingerprint density at radius 2 is 2.00 bits per heavy atom. The van der Waals surface area contributed by atoms with Gasteiger partial charge in [0.25, 0.3) is 0 Å². The molecule has 6 heteroatoms. The standard InChI is InChI=1S/C14H22ClNO2S2/c1-3-11-4-6-12(7-5-11)16(2)20(17,18)14-8-9-19-13(14)10-15/h8-9,11-12H,3-7,10H2,1-2H3. The highest BCUT2D eigenvalue weighted by atomic mass is 35.5. The van der Waals surface area contributed by atoms with Crippen LogP contribution in [0.15, 0.2) is 16.3 Å². The topological polar surface area (TPSA) is 37.4 Å². The molecule has 0 atom stereocenters. The fraction of sp³-hybridized carbons (Fsp3) is 0.714. The van der Waals surface area contributed by atoms with Crippen molar-refractivity contribution in [3.05, 3.63) is 16.3 Å². The molecule has 0 radical (unpaired) electrons. The fourth-order valence-electron chi connectivity index (χ4n) is 2.92. The number of alkyl halides is 1. The molecule has 1 aromatic rings. The van der Waals surface area contributed by atoms with Crippen molar-refractivity contribution in [3.63, 3.8) is 0 Å². The molecular weight excluding hydrogens is 314 g/mol.